The highest BCUT2D eigenvalue weighted by Crippen LogP contribution is 2.25. The molecule has 0 aliphatic carbocycles. The highest BCUT2D eigenvalue weighted by Gasteiger charge is 2.20. The number of nitrogens with two attached hydrogens (primary N) is 1. The Labute approximate surface area is 117 Å². The summed E-state index contributed by atoms with van der Waals surface area (Å²) in [6.07, 6.45) is 0. The minimum Gasteiger partial charge on any atom is -0.369 e. The smallest absolute Gasteiger partial charge is 0.234 e. The zero-order valence-corrected chi connectivity index (χ0v) is 12.4. The van der Waals surface area contributed by atoms with E-state index in [0.717, 1.165) is 4.88 Å². The summed E-state index contributed by atoms with van der Waals surface area (Å²) < 4.78 is 0. The Morgan fingerprint density at radius 2 is 2.11 bits per heavy atom. The molecule has 0 aromatic carbocycles. The first kappa shape index (κ1) is 15.7. The Kier molecular flexibility index (Phi) is 5.98. The Morgan fingerprint density at radius 1 is 1.42 bits per heavy atom. The normalized spacial score (nSPS) is 12.7. The minimum absolute atomic E-state index is 0.00878. The number of nitrogens with one attached hydrogen (secondary N) is 1. The molecule has 1 heterocycles. The maximum absolute atomic E-state index is 11.9. The van der Waals surface area contributed by atoms with Crippen LogP contribution in [0.4, 0.5) is 0 Å². The molecule has 1 atom stereocenters. The van der Waals surface area contributed by atoms with Crippen LogP contribution in [0.1, 0.15) is 24.8 Å². The molecule has 0 saturated heterocycles. The quantitative estimate of drug-likeness (QED) is 0.783. The van der Waals surface area contributed by atoms with E-state index < -0.39 is 5.91 Å². The summed E-state index contributed by atoms with van der Waals surface area (Å²) in [5, 5.41) is 5.00. The van der Waals surface area contributed by atoms with Crippen LogP contribution in [0.3, 0.4) is 0 Å². The minimum atomic E-state index is -0.436. The van der Waals surface area contributed by atoms with E-state index >= 15 is 0 Å². The van der Waals surface area contributed by atoms with Gasteiger partial charge in [0.2, 0.25) is 11.8 Å². The maximum atomic E-state index is 11.9. The molecule has 0 aliphatic heterocycles. The summed E-state index contributed by atoms with van der Waals surface area (Å²) in [7, 11) is 1.69. The molecule has 19 heavy (non-hydrogen) atoms. The molecule has 0 saturated carbocycles. The van der Waals surface area contributed by atoms with Crippen LogP contribution in [-0.2, 0) is 9.59 Å². The molecule has 2 amide bonds. The van der Waals surface area contributed by atoms with Gasteiger partial charge in [0, 0.05) is 4.88 Å². The van der Waals surface area contributed by atoms with E-state index in [1.54, 1.807) is 23.3 Å². The van der Waals surface area contributed by atoms with Gasteiger partial charge in [-0.3, -0.25) is 14.5 Å². The second-order valence-electron chi connectivity index (χ2n) is 4.94. The topological polar surface area (TPSA) is 75.4 Å². The first-order valence-electron chi connectivity index (χ1n) is 6.19. The van der Waals surface area contributed by atoms with E-state index in [4.69, 9.17) is 5.73 Å². The van der Waals surface area contributed by atoms with Crippen molar-refractivity contribution in [1.82, 2.24) is 10.2 Å². The summed E-state index contributed by atoms with van der Waals surface area (Å²) in [5.74, 6) is -0.228. The summed E-state index contributed by atoms with van der Waals surface area (Å²) in [4.78, 5) is 25.4. The zero-order valence-electron chi connectivity index (χ0n) is 11.6. The van der Waals surface area contributed by atoms with Gasteiger partial charge in [-0.25, -0.2) is 0 Å². The van der Waals surface area contributed by atoms with Gasteiger partial charge in [0.05, 0.1) is 19.1 Å². The van der Waals surface area contributed by atoms with Crippen molar-refractivity contribution in [3.05, 3.63) is 22.4 Å². The SMILES string of the molecule is CC(C)C(NC(=O)CN(C)CC(N)=O)c1cccs1. The van der Waals surface area contributed by atoms with Crippen molar-refractivity contribution in [2.75, 3.05) is 20.1 Å². The van der Waals surface area contributed by atoms with E-state index in [0.29, 0.717) is 5.92 Å². The molecule has 3 N–H and O–H groups in total. The van der Waals surface area contributed by atoms with Gasteiger partial charge in [0.25, 0.3) is 0 Å². The van der Waals surface area contributed by atoms with Gasteiger partial charge in [0.1, 0.15) is 0 Å². The number of amides is 2. The molecule has 6 heteroatoms. The Balaban J connectivity index is 2.55. The predicted octanol–water partition coefficient (Wildman–Crippen LogP) is 0.979. The summed E-state index contributed by atoms with van der Waals surface area (Å²) in [6, 6.07) is 4.00. The van der Waals surface area contributed by atoms with Crippen molar-refractivity contribution in [1.29, 1.82) is 0 Å². The van der Waals surface area contributed by atoms with Crippen molar-refractivity contribution in [2.45, 2.75) is 19.9 Å². The van der Waals surface area contributed by atoms with Gasteiger partial charge in [0.15, 0.2) is 0 Å². The third kappa shape index (κ3) is 5.40. The van der Waals surface area contributed by atoms with Gasteiger partial charge in [-0.15, -0.1) is 11.3 Å². The number of rotatable bonds is 7. The van der Waals surface area contributed by atoms with Crippen molar-refractivity contribution >= 4 is 23.2 Å². The van der Waals surface area contributed by atoms with E-state index in [-0.39, 0.29) is 25.0 Å². The van der Waals surface area contributed by atoms with Crippen molar-refractivity contribution in [2.24, 2.45) is 11.7 Å². The number of nitrogens with zero attached hydrogens (tertiary/aromatic N) is 1. The van der Waals surface area contributed by atoms with Crippen molar-refractivity contribution in [3.8, 4) is 0 Å². The summed E-state index contributed by atoms with van der Waals surface area (Å²) in [5.41, 5.74) is 5.09. The van der Waals surface area contributed by atoms with Crippen LogP contribution in [0.15, 0.2) is 17.5 Å². The zero-order chi connectivity index (χ0) is 14.4. The predicted molar refractivity (Wildman–Crippen MR) is 76.7 cm³/mol. The Bertz CT molecular complexity index is 418. The molecular formula is C13H21N3O2S. The lowest BCUT2D eigenvalue weighted by molar-refractivity contribution is -0.124. The molecule has 0 fully saturated rings. The standard InChI is InChI=1S/C13H21N3O2S/c1-9(2)13(10-5-4-6-19-10)15-12(18)8-16(3)7-11(14)17/h4-6,9,13H,7-8H2,1-3H3,(H2,14,17)(H,15,18). The fourth-order valence-electron chi connectivity index (χ4n) is 1.82. The highest BCUT2D eigenvalue weighted by atomic mass is 32.1. The lowest BCUT2D eigenvalue weighted by Crippen LogP contribution is -2.41. The van der Waals surface area contributed by atoms with Crippen LogP contribution in [-0.4, -0.2) is 36.9 Å². The van der Waals surface area contributed by atoms with Gasteiger partial charge in [-0.1, -0.05) is 19.9 Å². The maximum Gasteiger partial charge on any atom is 0.234 e. The molecule has 5 nitrogen and oxygen atoms in total. The van der Waals surface area contributed by atoms with E-state index in [1.165, 1.54) is 0 Å². The molecule has 0 aliphatic rings. The fraction of sp³-hybridized carbons (Fsp3) is 0.538. The van der Waals surface area contributed by atoms with Crippen LogP contribution in [0.2, 0.25) is 0 Å². The molecule has 106 valence electrons. The van der Waals surface area contributed by atoms with Crippen molar-refractivity contribution < 1.29 is 9.59 Å². The highest BCUT2D eigenvalue weighted by molar-refractivity contribution is 7.10. The molecule has 0 radical (unpaired) electrons. The van der Waals surface area contributed by atoms with Crippen molar-refractivity contribution in [3.63, 3.8) is 0 Å². The lowest BCUT2D eigenvalue weighted by Gasteiger charge is -2.23. The summed E-state index contributed by atoms with van der Waals surface area (Å²) >= 11 is 1.63. The Morgan fingerprint density at radius 3 is 2.58 bits per heavy atom. The van der Waals surface area contributed by atoms with Crippen LogP contribution < -0.4 is 11.1 Å². The number of carbonyl (C=O) groups excluding carboxylic acids is 2. The number of carbonyl (C=O) groups is 2. The van der Waals surface area contributed by atoms with E-state index in [1.807, 2.05) is 17.5 Å². The van der Waals surface area contributed by atoms with Gasteiger partial charge < -0.3 is 11.1 Å². The lowest BCUT2D eigenvalue weighted by atomic mass is 10.0. The summed E-state index contributed by atoms with van der Waals surface area (Å²) in [6.45, 7) is 4.38. The van der Waals surface area contributed by atoms with Crippen LogP contribution in [0, 0.1) is 5.92 Å². The fourth-order valence-corrected chi connectivity index (χ4v) is 2.77. The van der Waals surface area contributed by atoms with Crippen LogP contribution >= 0.6 is 11.3 Å². The average molecular weight is 283 g/mol. The molecule has 1 unspecified atom stereocenters. The molecule has 1 rings (SSSR count). The largest absolute Gasteiger partial charge is 0.369 e. The van der Waals surface area contributed by atoms with Gasteiger partial charge in [-0.2, -0.15) is 0 Å². The number of hydrogen-bond donors (Lipinski definition) is 2. The monoisotopic (exact) mass is 283 g/mol. The third-order valence-corrected chi connectivity index (χ3v) is 3.63. The van der Waals surface area contributed by atoms with Gasteiger partial charge in [-0.05, 0) is 24.4 Å². The van der Waals surface area contributed by atoms with Crippen LogP contribution in [0.25, 0.3) is 0 Å². The van der Waals surface area contributed by atoms with Crippen LogP contribution in [0.5, 0.6) is 0 Å². The first-order chi connectivity index (χ1) is 8.90. The van der Waals surface area contributed by atoms with E-state index in [2.05, 4.69) is 19.2 Å². The average Bonchev–Trinajstić information content (AvgIpc) is 2.76. The molecule has 1 aromatic heterocycles. The number of hydrogen-bond acceptors (Lipinski definition) is 4. The van der Waals surface area contributed by atoms with E-state index in [9.17, 15) is 9.59 Å². The third-order valence-electron chi connectivity index (χ3n) is 2.67. The molecule has 1 aromatic rings. The molecule has 0 bridgehead atoms. The molecule has 0 spiro atoms. The number of primary amides is 1. The molecular weight excluding hydrogens is 262 g/mol. The second-order valence-corrected chi connectivity index (χ2v) is 5.92. The number of likely N-dealkylation sites (N-methyl/N-ethyl adjacent to an activating group) is 1. The number of thiophene rings is 1. The first-order valence-corrected chi connectivity index (χ1v) is 7.07. The Hall–Kier alpha value is -1.40. The second kappa shape index (κ2) is 7.25. The van der Waals surface area contributed by atoms with Gasteiger partial charge >= 0.3 is 0 Å².